The monoisotopic (exact) mass is 214 g/mol. The summed E-state index contributed by atoms with van der Waals surface area (Å²) in [6, 6.07) is 10.4. The Hall–Kier alpha value is -1.57. The second-order valence-corrected chi connectivity index (χ2v) is 4.64. The highest BCUT2D eigenvalue weighted by molar-refractivity contribution is 5.39. The summed E-state index contributed by atoms with van der Waals surface area (Å²) < 4.78 is 1.97. The number of para-hydroxylation sites is 1. The molecule has 0 saturated heterocycles. The Morgan fingerprint density at radius 2 is 1.94 bits per heavy atom. The molecular weight excluding hydrogens is 196 g/mol. The zero-order valence-electron chi connectivity index (χ0n) is 10.1. The highest BCUT2D eigenvalue weighted by Gasteiger charge is 2.04. The smallest absolute Gasteiger partial charge is 0.0674 e. The van der Waals surface area contributed by atoms with Gasteiger partial charge in [-0.3, -0.25) is 0 Å². The average Bonchev–Trinajstić information content (AvgIpc) is 2.66. The maximum atomic E-state index is 4.60. The Morgan fingerprint density at radius 1 is 1.19 bits per heavy atom. The molecule has 2 nitrogen and oxygen atoms in total. The lowest BCUT2D eigenvalue weighted by molar-refractivity contribution is 0.628. The number of aryl methyl sites for hydroxylation is 1. The first-order valence-corrected chi connectivity index (χ1v) is 5.77. The molecule has 1 heterocycles. The lowest BCUT2D eigenvalue weighted by atomic mass is 10.1. The normalized spacial score (nSPS) is 11.0. The molecular formula is C14H18N2. The Labute approximate surface area is 96.9 Å². The Kier molecular flexibility index (Phi) is 3.09. The molecule has 16 heavy (non-hydrogen) atoms. The molecule has 2 heteroatoms. The van der Waals surface area contributed by atoms with Gasteiger partial charge in [0.25, 0.3) is 0 Å². The van der Waals surface area contributed by atoms with E-state index >= 15 is 0 Å². The van der Waals surface area contributed by atoms with Gasteiger partial charge in [0.15, 0.2) is 0 Å². The topological polar surface area (TPSA) is 17.8 Å². The van der Waals surface area contributed by atoms with Crippen LogP contribution in [0.15, 0.2) is 36.5 Å². The SMILES string of the molecule is Cc1ccccc1-n1ccc(CC(C)C)n1. The van der Waals surface area contributed by atoms with Gasteiger partial charge in [0.2, 0.25) is 0 Å². The number of aromatic nitrogens is 2. The third-order valence-electron chi connectivity index (χ3n) is 2.62. The summed E-state index contributed by atoms with van der Waals surface area (Å²) in [5, 5.41) is 4.60. The number of benzene rings is 1. The van der Waals surface area contributed by atoms with E-state index in [0.29, 0.717) is 5.92 Å². The van der Waals surface area contributed by atoms with Gasteiger partial charge in [-0.05, 0) is 37.0 Å². The molecule has 0 saturated carbocycles. The summed E-state index contributed by atoms with van der Waals surface area (Å²) in [4.78, 5) is 0. The summed E-state index contributed by atoms with van der Waals surface area (Å²) in [6.07, 6.45) is 3.08. The first-order valence-electron chi connectivity index (χ1n) is 5.77. The van der Waals surface area contributed by atoms with E-state index in [4.69, 9.17) is 0 Å². The van der Waals surface area contributed by atoms with Crippen LogP contribution in [0.4, 0.5) is 0 Å². The van der Waals surface area contributed by atoms with Gasteiger partial charge >= 0.3 is 0 Å². The highest BCUT2D eigenvalue weighted by atomic mass is 15.3. The number of hydrogen-bond donors (Lipinski definition) is 0. The van der Waals surface area contributed by atoms with Gasteiger partial charge in [-0.2, -0.15) is 5.10 Å². The van der Waals surface area contributed by atoms with Crippen LogP contribution in [-0.4, -0.2) is 9.78 Å². The molecule has 0 aliphatic heterocycles. The van der Waals surface area contributed by atoms with Gasteiger partial charge in [0, 0.05) is 6.20 Å². The zero-order chi connectivity index (χ0) is 11.5. The molecule has 1 aromatic carbocycles. The van der Waals surface area contributed by atoms with Crippen molar-refractivity contribution in [3.05, 3.63) is 47.8 Å². The Bertz CT molecular complexity index is 469. The van der Waals surface area contributed by atoms with Gasteiger partial charge in [0.05, 0.1) is 11.4 Å². The van der Waals surface area contributed by atoms with E-state index in [2.05, 4.69) is 50.1 Å². The van der Waals surface area contributed by atoms with Crippen LogP contribution in [0.1, 0.15) is 25.1 Å². The first kappa shape index (κ1) is 10.9. The van der Waals surface area contributed by atoms with Crippen molar-refractivity contribution < 1.29 is 0 Å². The molecule has 0 aliphatic carbocycles. The van der Waals surface area contributed by atoms with Gasteiger partial charge in [0.1, 0.15) is 0 Å². The van der Waals surface area contributed by atoms with E-state index in [-0.39, 0.29) is 0 Å². The van der Waals surface area contributed by atoms with Crippen LogP contribution in [-0.2, 0) is 6.42 Å². The van der Waals surface area contributed by atoms with E-state index in [0.717, 1.165) is 12.1 Å². The van der Waals surface area contributed by atoms with Crippen LogP contribution in [0, 0.1) is 12.8 Å². The van der Waals surface area contributed by atoms with Crippen molar-refractivity contribution >= 4 is 0 Å². The third-order valence-corrected chi connectivity index (χ3v) is 2.62. The van der Waals surface area contributed by atoms with E-state index in [9.17, 15) is 0 Å². The molecule has 0 amide bonds. The van der Waals surface area contributed by atoms with E-state index in [1.165, 1.54) is 11.3 Å². The van der Waals surface area contributed by atoms with E-state index < -0.39 is 0 Å². The maximum Gasteiger partial charge on any atom is 0.0674 e. The highest BCUT2D eigenvalue weighted by Crippen LogP contribution is 2.13. The van der Waals surface area contributed by atoms with Crippen LogP contribution in [0.2, 0.25) is 0 Å². The molecule has 0 atom stereocenters. The van der Waals surface area contributed by atoms with E-state index in [1.54, 1.807) is 0 Å². The lowest BCUT2D eigenvalue weighted by Gasteiger charge is -2.05. The number of nitrogens with zero attached hydrogens (tertiary/aromatic N) is 2. The molecule has 0 aliphatic rings. The van der Waals surface area contributed by atoms with Crippen molar-refractivity contribution in [1.29, 1.82) is 0 Å². The standard InChI is InChI=1S/C14H18N2/c1-11(2)10-13-8-9-16(15-13)14-7-5-4-6-12(14)3/h4-9,11H,10H2,1-3H3. The Morgan fingerprint density at radius 3 is 2.62 bits per heavy atom. The molecule has 1 aromatic heterocycles. The molecule has 0 radical (unpaired) electrons. The van der Waals surface area contributed by atoms with Crippen molar-refractivity contribution in [3.8, 4) is 5.69 Å². The molecule has 0 fully saturated rings. The lowest BCUT2D eigenvalue weighted by Crippen LogP contribution is -2.00. The quantitative estimate of drug-likeness (QED) is 0.766. The number of rotatable bonds is 3. The second kappa shape index (κ2) is 4.52. The molecule has 0 spiro atoms. The predicted octanol–water partition coefficient (Wildman–Crippen LogP) is 3.38. The average molecular weight is 214 g/mol. The summed E-state index contributed by atoms with van der Waals surface area (Å²) in [5.41, 5.74) is 3.58. The van der Waals surface area contributed by atoms with Crippen LogP contribution in [0.3, 0.4) is 0 Å². The summed E-state index contributed by atoms with van der Waals surface area (Å²) in [5.74, 6) is 0.653. The van der Waals surface area contributed by atoms with E-state index in [1.807, 2.05) is 16.9 Å². The van der Waals surface area contributed by atoms with Gasteiger partial charge in [-0.1, -0.05) is 32.0 Å². The summed E-state index contributed by atoms with van der Waals surface area (Å²) in [6.45, 7) is 6.54. The molecule has 84 valence electrons. The zero-order valence-corrected chi connectivity index (χ0v) is 10.1. The second-order valence-electron chi connectivity index (χ2n) is 4.64. The minimum atomic E-state index is 0.653. The maximum absolute atomic E-state index is 4.60. The fourth-order valence-electron chi connectivity index (χ4n) is 1.84. The molecule has 0 bridgehead atoms. The van der Waals surface area contributed by atoms with Gasteiger partial charge in [-0.25, -0.2) is 4.68 Å². The van der Waals surface area contributed by atoms with Crippen molar-refractivity contribution in [2.24, 2.45) is 5.92 Å². The number of hydrogen-bond acceptors (Lipinski definition) is 1. The molecule has 2 aromatic rings. The van der Waals surface area contributed by atoms with Crippen molar-refractivity contribution in [2.75, 3.05) is 0 Å². The van der Waals surface area contributed by atoms with Gasteiger partial charge < -0.3 is 0 Å². The fraction of sp³-hybridized carbons (Fsp3) is 0.357. The minimum absolute atomic E-state index is 0.653. The molecule has 2 rings (SSSR count). The summed E-state index contributed by atoms with van der Waals surface area (Å²) >= 11 is 0. The summed E-state index contributed by atoms with van der Waals surface area (Å²) in [7, 11) is 0. The third kappa shape index (κ3) is 2.32. The molecule has 0 N–H and O–H groups in total. The van der Waals surface area contributed by atoms with Crippen molar-refractivity contribution in [3.63, 3.8) is 0 Å². The van der Waals surface area contributed by atoms with Crippen LogP contribution < -0.4 is 0 Å². The fourth-order valence-corrected chi connectivity index (χ4v) is 1.84. The van der Waals surface area contributed by atoms with Crippen molar-refractivity contribution in [1.82, 2.24) is 9.78 Å². The molecule has 0 unspecified atom stereocenters. The largest absolute Gasteiger partial charge is 0.240 e. The minimum Gasteiger partial charge on any atom is -0.240 e. The van der Waals surface area contributed by atoms with Gasteiger partial charge in [-0.15, -0.1) is 0 Å². The predicted molar refractivity (Wildman–Crippen MR) is 66.8 cm³/mol. The first-order chi connectivity index (χ1) is 7.66. The van der Waals surface area contributed by atoms with Crippen molar-refractivity contribution in [2.45, 2.75) is 27.2 Å². The van der Waals surface area contributed by atoms with Crippen LogP contribution in [0.25, 0.3) is 5.69 Å². The van der Waals surface area contributed by atoms with Crippen LogP contribution >= 0.6 is 0 Å². The van der Waals surface area contributed by atoms with Crippen LogP contribution in [0.5, 0.6) is 0 Å². The Balaban J connectivity index is 2.28.